The summed E-state index contributed by atoms with van der Waals surface area (Å²) in [5.41, 5.74) is 0.962. The van der Waals surface area contributed by atoms with Crippen LogP contribution < -0.4 is 5.32 Å². The molecule has 4 fully saturated rings. The van der Waals surface area contributed by atoms with Gasteiger partial charge in [0, 0.05) is 15.7 Å². The highest BCUT2D eigenvalue weighted by Gasteiger charge is 2.51. The van der Waals surface area contributed by atoms with Crippen molar-refractivity contribution in [2.24, 2.45) is 17.8 Å². The molecule has 4 saturated carbocycles. The zero-order chi connectivity index (χ0) is 16.0. The first-order valence-electron chi connectivity index (χ1n) is 9.11. The van der Waals surface area contributed by atoms with Crippen LogP contribution in [-0.2, 0) is 0 Å². The van der Waals surface area contributed by atoms with Gasteiger partial charge >= 0.3 is 0 Å². The van der Waals surface area contributed by atoms with Crippen LogP contribution in [0.4, 0.5) is 0 Å². The van der Waals surface area contributed by atoms with Gasteiger partial charge in [-0.2, -0.15) is 0 Å². The van der Waals surface area contributed by atoms with Crippen LogP contribution in [0, 0.1) is 17.8 Å². The Bertz CT molecular complexity index is 574. The van der Waals surface area contributed by atoms with E-state index in [0.29, 0.717) is 5.25 Å². The summed E-state index contributed by atoms with van der Waals surface area (Å²) in [5.74, 6) is 2.74. The molecular formula is C20H27NOS. The Balaban J connectivity index is 1.54. The van der Waals surface area contributed by atoms with Crippen LogP contribution in [0.1, 0.15) is 62.7 Å². The minimum atomic E-state index is 0.0987. The lowest BCUT2D eigenvalue weighted by Crippen LogP contribution is -2.59. The SMILES string of the molecule is CC(C)Sc1ccccc1C(=O)NC12CC3CC(CC(C3)C1)C2. The second-order valence-electron chi connectivity index (χ2n) is 8.31. The van der Waals surface area contributed by atoms with E-state index in [1.807, 2.05) is 18.2 Å². The van der Waals surface area contributed by atoms with Crippen molar-refractivity contribution in [3.8, 4) is 0 Å². The molecule has 4 aliphatic rings. The largest absolute Gasteiger partial charge is 0.347 e. The highest BCUT2D eigenvalue weighted by atomic mass is 32.2. The fraction of sp³-hybridized carbons (Fsp3) is 0.650. The molecule has 23 heavy (non-hydrogen) atoms. The van der Waals surface area contributed by atoms with Gasteiger partial charge in [-0.3, -0.25) is 4.79 Å². The summed E-state index contributed by atoms with van der Waals surface area (Å²) in [6.45, 7) is 4.36. The summed E-state index contributed by atoms with van der Waals surface area (Å²) >= 11 is 1.78. The molecule has 4 aliphatic carbocycles. The highest BCUT2D eigenvalue weighted by Crippen LogP contribution is 2.55. The third-order valence-corrected chi connectivity index (χ3v) is 6.99. The third-order valence-electron chi connectivity index (χ3n) is 5.91. The monoisotopic (exact) mass is 329 g/mol. The number of rotatable bonds is 4. The van der Waals surface area contributed by atoms with Gasteiger partial charge in [-0.15, -0.1) is 11.8 Å². The molecule has 1 amide bonds. The molecule has 3 heteroatoms. The summed E-state index contributed by atoms with van der Waals surface area (Å²) in [6, 6.07) is 8.09. The van der Waals surface area contributed by atoms with Gasteiger partial charge in [0.1, 0.15) is 0 Å². The van der Waals surface area contributed by atoms with Crippen LogP contribution in [0.3, 0.4) is 0 Å². The van der Waals surface area contributed by atoms with Crippen molar-refractivity contribution < 1.29 is 4.79 Å². The van der Waals surface area contributed by atoms with Gasteiger partial charge in [-0.25, -0.2) is 0 Å². The number of carbonyl (C=O) groups excluding carboxylic acids is 1. The molecule has 0 aliphatic heterocycles. The Hall–Kier alpha value is -0.960. The predicted molar refractivity (Wildman–Crippen MR) is 95.8 cm³/mol. The maximum absolute atomic E-state index is 13.0. The lowest BCUT2D eigenvalue weighted by molar-refractivity contribution is -0.0167. The van der Waals surface area contributed by atoms with E-state index in [1.165, 1.54) is 38.5 Å². The van der Waals surface area contributed by atoms with Crippen molar-refractivity contribution in [3.05, 3.63) is 29.8 Å². The number of carbonyl (C=O) groups is 1. The summed E-state index contributed by atoms with van der Waals surface area (Å²) in [4.78, 5) is 14.1. The van der Waals surface area contributed by atoms with Crippen molar-refractivity contribution >= 4 is 17.7 Å². The smallest absolute Gasteiger partial charge is 0.252 e. The van der Waals surface area contributed by atoms with E-state index < -0.39 is 0 Å². The second kappa shape index (κ2) is 5.84. The molecule has 0 aromatic heterocycles. The van der Waals surface area contributed by atoms with Gasteiger partial charge in [0.25, 0.3) is 5.91 Å². The molecule has 124 valence electrons. The maximum atomic E-state index is 13.0. The lowest BCUT2D eigenvalue weighted by atomic mass is 9.53. The Morgan fingerprint density at radius 3 is 2.22 bits per heavy atom. The average molecular weight is 330 g/mol. The minimum Gasteiger partial charge on any atom is -0.347 e. The van der Waals surface area contributed by atoms with Crippen molar-refractivity contribution in [2.75, 3.05) is 0 Å². The number of nitrogens with one attached hydrogen (secondary N) is 1. The fourth-order valence-corrected chi connectivity index (χ4v) is 6.54. The van der Waals surface area contributed by atoms with Gasteiger partial charge in [-0.1, -0.05) is 26.0 Å². The van der Waals surface area contributed by atoms with Gasteiger partial charge in [0.15, 0.2) is 0 Å². The van der Waals surface area contributed by atoms with E-state index in [-0.39, 0.29) is 11.4 Å². The molecule has 0 unspecified atom stereocenters. The number of thioether (sulfide) groups is 1. The Morgan fingerprint density at radius 1 is 1.09 bits per heavy atom. The Kier molecular flexibility index (Phi) is 3.95. The van der Waals surface area contributed by atoms with Crippen LogP contribution in [-0.4, -0.2) is 16.7 Å². The quantitative estimate of drug-likeness (QED) is 0.797. The summed E-state index contributed by atoms with van der Waals surface area (Å²) in [7, 11) is 0. The van der Waals surface area contributed by atoms with Crippen molar-refractivity contribution in [1.82, 2.24) is 5.32 Å². The van der Waals surface area contributed by atoms with E-state index in [4.69, 9.17) is 0 Å². The number of hydrogen-bond acceptors (Lipinski definition) is 2. The standard InChI is InChI=1S/C20H27NOS/c1-13(2)23-18-6-4-3-5-17(18)19(22)21-20-10-14-7-15(11-20)9-16(8-14)12-20/h3-6,13-16H,7-12H2,1-2H3,(H,21,22). The maximum Gasteiger partial charge on any atom is 0.252 e. The lowest BCUT2D eigenvalue weighted by Gasteiger charge is -2.56. The van der Waals surface area contributed by atoms with Gasteiger partial charge in [-0.05, 0) is 68.4 Å². The molecule has 1 aromatic rings. The van der Waals surface area contributed by atoms with Crippen molar-refractivity contribution in [2.45, 2.75) is 68.1 Å². The minimum absolute atomic E-state index is 0.0987. The first kappa shape index (κ1) is 15.6. The van der Waals surface area contributed by atoms with E-state index in [2.05, 4.69) is 25.2 Å². The van der Waals surface area contributed by atoms with E-state index >= 15 is 0 Å². The van der Waals surface area contributed by atoms with E-state index in [1.54, 1.807) is 11.8 Å². The van der Waals surface area contributed by atoms with Gasteiger partial charge in [0.2, 0.25) is 0 Å². The van der Waals surface area contributed by atoms with Crippen LogP contribution in [0.15, 0.2) is 29.2 Å². The normalized spacial score (nSPS) is 34.8. The van der Waals surface area contributed by atoms with E-state index in [0.717, 1.165) is 28.2 Å². The molecule has 5 rings (SSSR count). The molecular weight excluding hydrogens is 302 g/mol. The first-order valence-corrected chi connectivity index (χ1v) is 9.99. The summed E-state index contributed by atoms with van der Waals surface area (Å²) in [6.07, 6.45) is 7.87. The van der Waals surface area contributed by atoms with Gasteiger partial charge in [0.05, 0.1) is 5.56 Å². The molecule has 0 saturated heterocycles. The van der Waals surface area contributed by atoms with Crippen molar-refractivity contribution in [1.29, 1.82) is 0 Å². The van der Waals surface area contributed by atoms with Crippen LogP contribution in [0.5, 0.6) is 0 Å². The molecule has 1 aromatic carbocycles. The first-order chi connectivity index (χ1) is 11.0. The second-order valence-corrected chi connectivity index (χ2v) is 9.93. The van der Waals surface area contributed by atoms with Crippen LogP contribution in [0.25, 0.3) is 0 Å². The van der Waals surface area contributed by atoms with Crippen LogP contribution in [0.2, 0.25) is 0 Å². The molecule has 0 spiro atoms. The zero-order valence-corrected chi connectivity index (χ0v) is 15.0. The molecule has 2 nitrogen and oxygen atoms in total. The van der Waals surface area contributed by atoms with E-state index in [9.17, 15) is 4.79 Å². The number of hydrogen-bond donors (Lipinski definition) is 1. The molecule has 0 radical (unpaired) electrons. The summed E-state index contributed by atoms with van der Waals surface area (Å²) in [5, 5.41) is 3.99. The van der Waals surface area contributed by atoms with Crippen LogP contribution >= 0.6 is 11.8 Å². The Labute approximate surface area is 143 Å². The van der Waals surface area contributed by atoms with Gasteiger partial charge < -0.3 is 5.32 Å². The highest BCUT2D eigenvalue weighted by molar-refractivity contribution is 8.00. The molecule has 1 N–H and O–H groups in total. The summed E-state index contributed by atoms with van der Waals surface area (Å²) < 4.78 is 0. The number of amides is 1. The third kappa shape index (κ3) is 3.05. The molecule has 4 bridgehead atoms. The number of benzene rings is 1. The van der Waals surface area contributed by atoms with Crippen molar-refractivity contribution in [3.63, 3.8) is 0 Å². The Morgan fingerprint density at radius 2 is 1.65 bits per heavy atom. The topological polar surface area (TPSA) is 29.1 Å². The zero-order valence-electron chi connectivity index (χ0n) is 14.2. The average Bonchev–Trinajstić information content (AvgIpc) is 2.45. The fourth-order valence-electron chi connectivity index (χ4n) is 5.58. The predicted octanol–water partition coefficient (Wildman–Crippen LogP) is 4.89. The molecule has 0 heterocycles. The molecule has 0 atom stereocenters.